The van der Waals surface area contributed by atoms with Gasteiger partial charge in [0.15, 0.2) is 11.5 Å². The SMILES string of the molecule is O=C(Nc1ccc(OC(F)(F)F)c(-c2ccc(CO)cc2)c1)C1(c2ccc3c(c2)OCO3)CC1.[HH].[HH]. The number of rotatable bonds is 6. The van der Waals surface area contributed by atoms with Gasteiger partial charge >= 0.3 is 6.36 Å². The number of hydrogen-bond acceptors (Lipinski definition) is 5. The Morgan fingerprint density at radius 2 is 1.76 bits per heavy atom. The molecule has 0 radical (unpaired) electrons. The molecule has 6 nitrogen and oxygen atoms in total. The van der Waals surface area contributed by atoms with Gasteiger partial charge in [-0.15, -0.1) is 13.2 Å². The van der Waals surface area contributed by atoms with Crippen molar-refractivity contribution >= 4 is 11.6 Å². The highest BCUT2D eigenvalue weighted by molar-refractivity contribution is 6.02. The van der Waals surface area contributed by atoms with Crippen LogP contribution in [0.4, 0.5) is 18.9 Å². The largest absolute Gasteiger partial charge is 0.573 e. The number of fused-ring (bicyclic) bond motifs is 1. The van der Waals surface area contributed by atoms with E-state index in [0.717, 1.165) is 5.56 Å². The summed E-state index contributed by atoms with van der Waals surface area (Å²) in [6.07, 6.45) is -3.59. The maximum absolute atomic E-state index is 13.2. The van der Waals surface area contributed by atoms with Gasteiger partial charge in [-0.3, -0.25) is 4.79 Å². The van der Waals surface area contributed by atoms with Gasteiger partial charge < -0.3 is 24.6 Å². The van der Waals surface area contributed by atoms with E-state index in [1.165, 1.54) is 18.2 Å². The number of amides is 1. The molecule has 0 spiro atoms. The van der Waals surface area contributed by atoms with Crippen molar-refractivity contribution in [2.45, 2.75) is 31.2 Å². The van der Waals surface area contributed by atoms with Crippen LogP contribution in [0, 0.1) is 0 Å². The lowest BCUT2D eigenvalue weighted by Gasteiger charge is -2.18. The summed E-state index contributed by atoms with van der Waals surface area (Å²) in [5, 5.41) is 12.1. The molecule has 1 amide bonds. The van der Waals surface area contributed by atoms with E-state index in [1.54, 1.807) is 36.4 Å². The Labute approximate surface area is 195 Å². The number of benzene rings is 3. The number of nitrogens with one attached hydrogen (secondary N) is 1. The van der Waals surface area contributed by atoms with Crippen LogP contribution < -0.4 is 19.5 Å². The quantitative estimate of drug-likeness (QED) is 0.483. The number of aliphatic hydroxyl groups excluding tert-OH is 1. The average molecular weight is 475 g/mol. The molecule has 3 aromatic rings. The Morgan fingerprint density at radius 1 is 1.03 bits per heavy atom. The van der Waals surface area contributed by atoms with Crippen molar-refractivity contribution in [1.82, 2.24) is 0 Å². The van der Waals surface area contributed by atoms with Crippen LogP contribution in [0.1, 0.15) is 26.8 Å². The number of carbonyl (C=O) groups is 1. The molecule has 2 aliphatic rings. The number of carbonyl (C=O) groups excluding carboxylic acids is 1. The molecule has 9 heteroatoms. The molecule has 3 aromatic carbocycles. The molecule has 1 heterocycles. The van der Waals surface area contributed by atoms with E-state index in [-0.39, 0.29) is 33.5 Å². The van der Waals surface area contributed by atoms with Crippen LogP contribution in [0.3, 0.4) is 0 Å². The predicted molar refractivity (Wildman–Crippen MR) is 121 cm³/mol. The number of hydrogen-bond donors (Lipinski definition) is 2. The van der Waals surface area contributed by atoms with Crippen LogP contribution in [-0.2, 0) is 16.8 Å². The van der Waals surface area contributed by atoms with E-state index < -0.39 is 11.8 Å². The van der Waals surface area contributed by atoms with Gasteiger partial charge in [0.25, 0.3) is 0 Å². The van der Waals surface area contributed by atoms with Gasteiger partial charge in [-0.1, -0.05) is 30.3 Å². The van der Waals surface area contributed by atoms with Crippen molar-refractivity contribution in [2.24, 2.45) is 0 Å². The summed E-state index contributed by atoms with van der Waals surface area (Å²) in [4.78, 5) is 13.2. The third kappa shape index (κ3) is 4.26. The van der Waals surface area contributed by atoms with Gasteiger partial charge in [-0.05, 0) is 59.9 Å². The van der Waals surface area contributed by atoms with Gasteiger partial charge in [-0.2, -0.15) is 0 Å². The molecule has 0 aromatic heterocycles. The highest BCUT2D eigenvalue weighted by Crippen LogP contribution is 2.51. The molecular weight excluding hydrogens is 451 g/mol. The van der Waals surface area contributed by atoms with Crippen molar-refractivity contribution in [3.8, 4) is 28.4 Å². The molecule has 5 rings (SSSR count). The fourth-order valence-corrected chi connectivity index (χ4v) is 4.05. The highest BCUT2D eigenvalue weighted by atomic mass is 19.4. The molecule has 1 fully saturated rings. The molecule has 1 aliphatic heterocycles. The zero-order valence-corrected chi connectivity index (χ0v) is 17.8. The first-order chi connectivity index (χ1) is 16.3. The third-order valence-electron chi connectivity index (χ3n) is 6.02. The van der Waals surface area contributed by atoms with Crippen molar-refractivity contribution in [3.63, 3.8) is 0 Å². The number of aliphatic hydroxyl groups is 1. The molecule has 180 valence electrons. The van der Waals surface area contributed by atoms with Crippen LogP contribution in [0.2, 0.25) is 0 Å². The fraction of sp³-hybridized carbons (Fsp3) is 0.240. The van der Waals surface area contributed by atoms with E-state index in [1.807, 2.05) is 6.07 Å². The fourth-order valence-electron chi connectivity index (χ4n) is 4.05. The van der Waals surface area contributed by atoms with Crippen molar-refractivity contribution in [2.75, 3.05) is 12.1 Å². The molecule has 2 N–H and O–H groups in total. The zero-order valence-electron chi connectivity index (χ0n) is 17.8. The predicted octanol–water partition coefficient (Wildman–Crippen LogP) is 5.64. The Kier molecular flexibility index (Phi) is 5.36. The van der Waals surface area contributed by atoms with Gasteiger partial charge in [-0.25, -0.2) is 0 Å². The average Bonchev–Trinajstić information content (AvgIpc) is 3.50. The number of alkyl halides is 3. The minimum Gasteiger partial charge on any atom is -0.454 e. The van der Waals surface area contributed by atoms with E-state index in [0.29, 0.717) is 41.2 Å². The van der Waals surface area contributed by atoms with E-state index in [9.17, 15) is 23.1 Å². The molecule has 0 atom stereocenters. The summed E-state index contributed by atoms with van der Waals surface area (Å²) in [6.45, 7) is -0.0589. The second kappa shape index (κ2) is 8.25. The Balaban J connectivity index is 0.00000180. The summed E-state index contributed by atoms with van der Waals surface area (Å²) in [7, 11) is 0. The summed E-state index contributed by atoms with van der Waals surface area (Å²) in [6, 6.07) is 15.8. The molecule has 0 saturated heterocycles. The standard InChI is InChI=1S/C25H20F3NO5.2H2/c26-25(27,28)34-20-8-6-18(12-19(20)16-3-1-15(13-30)2-4-16)29-23(31)24(9-10-24)17-5-7-21-22(11-17)33-14-32-21;;/h1-8,11-12,30H,9-10,13-14H2,(H,29,31);2*1H. The van der Waals surface area contributed by atoms with Crippen LogP contribution in [-0.4, -0.2) is 24.2 Å². The van der Waals surface area contributed by atoms with E-state index in [2.05, 4.69) is 10.1 Å². The van der Waals surface area contributed by atoms with E-state index in [4.69, 9.17) is 9.47 Å². The number of ether oxygens (including phenoxy) is 3. The topological polar surface area (TPSA) is 77.0 Å². The Bertz CT molecular complexity index is 1250. The maximum Gasteiger partial charge on any atom is 0.573 e. The summed E-state index contributed by atoms with van der Waals surface area (Å²) < 4.78 is 53.9. The Morgan fingerprint density at radius 3 is 2.44 bits per heavy atom. The molecular formula is C25H24F3NO5. The van der Waals surface area contributed by atoms with Crippen LogP contribution in [0.15, 0.2) is 60.7 Å². The molecule has 34 heavy (non-hydrogen) atoms. The molecule has 1 aliphatic carbocycles. The normalized spacial score (nSPS) is 15.6. The van der Waals surface area contributed by atoms with E-state index >= 15 is 0 Å². The van der Waals surface area contributed by atoms with Crippen molar-refractivity contribution in [3.05, 3.63) is 71.8 Å². The van der Waals surface area contributed by atoms with Gasteiger partial charge in [0.05, 0.1) is 12.0 Å². The first-order valence-corrected chi connectivity index (χ1v) is 10.6. The van der Waals surface area contributed by atoms with Gasteiger partial charge in [0, 0.05) is 14.1 Å². The highest BCUT2D eigenvalue weighted by Gasteiger charge is 2.51. The summed E-state index contributed by atoms with van der Waals surface area (Å²) in [5.41, 5.74) is 1.63. The molecule has 0 unspecified atom stereocenters. The first kappa shape index (κ1) is 22.1. The summed E-state index contributed by atoms with van der Waals surface area (Å²) >= 11 is 0. The molecule has 0 bridgehead atoms. The van der Waals surface area contributed by atoms with Crippen LogP contribution >= 0.6 is 0 Å². The minimum absolute atomic E-state index is 0. The number of halogens is 3. The second-order valence-electron chi connectivity index (χ2n) is 8.22. The second-order valence-corrected chi connectivity index (χ2v) is 8.22. The zero-order chi connectivity index (χ0) is 23.9. The smallest absolute Gasteiger partial charge is 0.454 e. The van der Waals surface area contributed by atoms with Crippen molar-refractivity contribution in [1.29, 1.82) is 0 Å². The van der Waals surface area contributed by atoms with Crippen LogP contribution in [0.5, 0.6) is 17.2 Å². The maximum atomic E-state index is 13.2. The lowest BCUT2D eigenvalue weighted by Crippen LogP contribution is -2.27. The lowest BCUT2D eigenvalue weighted by molar-refractivity contribution is -0.274. The van der Waals surface area contributed by atoms with Gasteiger partial charge in [0.2, 0.25) is 12.7 Å². The van der Waals surface area contributed by atoms with Crippen LogP contribution in [0.25, 0.3) is 11.1 Å². The first-order valence-electron chi connectivity index (χ1n) is 10.6. The monoisotopic (exact) mass is 475 g/mol. The summed E-state index contributed by atoms with van der Waals surface area (Å²) in [5.74, 6) is 0.562. The minimum atomic E-state index is -4.87. The number of anilines is 1. The third-order valence-corrected chi connectivity index (χ3v) is 6.02. The molecule has 1 saturated carbocycles. The Hall–Kier alpha value is -3.72. The lowest BCUT2D eigenvalue weighted by atomic mass is 9.94. The van der Waals surface area contributed by atoms with Gasteiger partial charge in [0.1, 0.15) is 5.75 Å². The van der Waals surface area contributed by atoms with Crippen molar-refractivity contribution < 1.29 is 40.1 Å².